The SMILES string of the molecule is COC1CN(c2ccc(N)nc2)C1. The molecule has 1 aromatic heterocycles. The molecule has 70 valence electrons. The van der Waals surface area contributed by atoms with Crippen LogP contribution in [0.1, 0.15) is 0 Å². The van der Waals surface area contributed by atoms with Crippen LogP contribution in [0.15, 0.2) is 18.3 Å². The highest BCUT2D eigenvalue weighted by Gasteiger charge is 2.26. The highest BCUT2D eigenvalue weighted by atomic mass is 16.5. The van der Waals surface area contributed by atoms with Gasteiger partial charge in [-0.05, 0) is 12.1 Å². The molecule has 1 aromatic rings. The van der Waals surface area contributed by atoms with Crippen molar-refractivity contribution in [2.24, 2.45) is 0 Å². The molecule has 2 rings (SSSR count). The van der Waals surface area contributed by atoms with Gasteiger partial charge in [0, 0.05) is 20.2 Å². The Kier molecular flexibility index (Phi) is 2.06. The number of hydrogen-bond acceptors (Lipinski definition) is 4. The van der Waals surface area contributed by atoms with Crippen molar-refractivity contribution < 1.29 is 4.74 Å². The summed E-state index contributed by atoms with van der Waals surface area (Å²) in [6.45, 7) is 1.89. The molecule has 0 aromatic carbocycles. The number of nitrogens with two attached hydrogens (primary N) is 1. The lowest BCUT2D eigenvalue weighted by Gasteiger charge is -2.39. The Labute approximate surface area is 77.3 Å². The van der Waals surface area contributed by atoms with Gasteiger partial charge in [-0.15, -0.1) is 0 Å². The number of nitrogens with zero attached hydrogens (tertiary/aromatic N) is 2. The molecule has 0 radical (unpaired) electrons. The Morgan fingerprint density at radius 3 is 2.85 bits per heavy atom. The molecule has 1 aliphatic heterocycles. The third-order valence-electron chi connectivity index (χ3n) is 2.32. The fourth-order valence-corrected chi connectivity index (χ4v) is 1.38. The largest absolute Gasteiger partial charge is 0.384 e. The van der Waals surface area contributed by atoms with Gasteiger partial charge in [0.25, 0.3) is 0 Å². The smallest absolute Gasteiger partial charge is 0.123 e. The van der Waals surface area contributed by atoms with Crippen LogP contribution in [0.5, 0.6) is 0 Å². The van der Waals surface area contributed by atoms with Gasteiger partial charge >= 0.3 is 0 Å². The number of hydrogen-bond donors (Lipinski definition) is 1. The molecule has 0 spiro atoms. The van der Waals surface area contributed by atoms with E-state index in [4.69, 9.17) is 10.5 Å². The van der Waals surface area contributed by atoms with Gasteiger partial charge in [-0.2, -0.15) is 0 Å². The molecule has 0 saturated carbocycles. The first-order valence-electron chi connectivity index (χ1n) is 4.29. The van der Waals surface area contributed by atoms with Crippen molar-refractivity contribution in [1.82, 2.24) is 4.98 Å². The second kappa shape index (κ2) is 3.22. The van der Waals surface area contributed by atoms with E-state index in [1.165, 1.54) is 0 Å². The zero-order valence-electron chi connectivity index (χ0n) is 7.60. The zero-order valence-corrected chi connectivity index (χ0v) is 7.60. The van der Waals surface area contributed by atoms with Crippen molar-refractivity contribution in [1.29, 1.82) is 0 Å². The Bertz CT molecular complexity index is 279. The van der Waals surface area contributed by atoms with E-state index >= 15 is 0 Å². The summed E-state index contributed by atoms with van der Waals surface area (Å²) in [6.07, 6.45) is 2.17. The molecule has 1 saturated heterocycles. The van der Waals surface area contributed by atoms with Gasteiger partial charge in [0.15, 0.2) is 0 Å². The second-order valence-corrected chi connectivity index (χ2v) is 3.20. The van der Waals surface area contributed by atoms with Crippen LogP contribution < -0.4 is 10.6 Å². The van der Waals surface area contributed by atoms with Crippen LogP contribution in [-0.2, 0) is 4.74 Å². The number of anilines is 2. The van der Waals surface area contributed by atoms with Crippen molar-refractivity contribution >= 4 is 11.5 Å². The van der Waals surface area contributed by atoms with Crippen LogP contribution in [0.4, 0.5) is 11.5 Å². The number of nitrogen functional groups attached to an aromatic ring is 1. The molecule has 2 heterocycles. The summed E-state index contributed by atoms with van der Waals surface area (Å²) in [6, 6.07) is 3.80. The van der Waals surface area contributed by atoms with E-state index in [0.29, 0.717) is 11.9 Å². The third kappa shape index (κ3) is 1.58. The summed E-state index contributed by atoms with van der Waals surface area (Å²) >= 11 is 0. The quantitative estimate of drug-likeness (QED) is 0.718. The number of pyridine rings is 1. The second-order valence-electron chi connectivity index (χ2n) is 3.20. The summed E-state index contributed by atoms with van der Waals surface area (Å²) in [5.41, 5.74) is 6.60. The number of ether oxygens (including phenoxy) is 1. The molecular weight excluding hydrogens is 166 g/mol. The number of aromatic nitrogens is 1. The number of rotatable bonds is 2. The van der Waals surface area contributed by atoms with E-state index < -0.39 is 0 Å². The molecule has 0 unspecified atom stereocenters. The summed E-state index contributed by atoms with van der Waals surface area (Å²) in [4.78, 5) is 6.24. The van der Waals surface area contributed by atoms with Gasteiger partial charge in [-0.3, -0.25) is 0 Å². The van der Waals surface area contributed by atoms with Crippen LogP contribution >= 0.6 is 0 Å². The maximum atomic E-state index is 5.49. The summed E-state index contributed by atoms with van der Waals surface area (Å²) in [5.74, 6) is 0.563. The van der Waals surface area contributed by atoms with E-state index in [0.717, 1.165) is 18.8 Å². The first-order valence-corrected chi connectivity index (χ1v) is 4.29. The van der Waals surface area contributed by atoms with Crippen LogP contribution in [-0.4, -0.2) is 31.3 Å². The standard InChI is InChI=1S/C9H13N3O/c1-13-8-5-12(6-8)7-2-3-9(10)11-4-7/h2-4,8H,5-6H2,1H3,(H2,10,11). The van der Waals surface area contributed by atoms with Crippen LogP contribution in [0.25, 0.3) is 0 Å². The maximum absolute atomic E-state index is 5.49. The molecule has 0 bridgehead atoms. The minimum Gasteiger partial charge on any atom is -0.384 e. The monoisotopic (exact) mass is 179 g/mol. The van der Waals surface area contributed by atoms with Gasteiger partial charge in [-0.1, -0.05) is 0 Å². The van der Waals surface area contributed by atoms with Crippen LogP contribution in [0.2, 0.25) is 0 Å². The molecular formula is C9H13N3O. The number of methoxy groups -OCH3 is 1. The van der Waals surface area contributed by atoms with Crippen LogP contribution in [0, 0.1) is 0 Å². The lowest BCUT2D eigenvalue weighted by atomic mass is 10.1. The highest BCUT2D eigenvalue weighted by Crippen LogP contribution is 2.21. The maximum Gasteiger partial charge on any atom is 0.123 e. The van der Waals surface area contributed by atoms with Crippen molar-refractivity contribution in [3.05, 3.63) is 18.3 Å². The van der Waals surface area contributed by atoms with Gasteiger partial charge in [-0.25, -0.2) is 4.98 Å². The van der Waals surface area contributed by atoms with E-state index in [1.807, 2.05) is 12.1 Å². The van der Waals surface area contributed by atoms with E-state index in [2.05, 4.69) is 9.88 Å². The Hall–Kier alpha value is -1.29. The first-order chi connectivity index (χ1) is 6.29. The zero-order chi connectivity index (χ0) is 9.26. The Morgan fingerprint density at radius 1 is 1.54 bits per heavy atom. The molecule has 13 heavy (non-hydrogen) atoms. The fourth-order valence-electron chi connectivity index (χ4n) is 1.38. The van der Waals surface area contributed by atoms with Crippen molar-refractivity contribution in [2.45, 2.75) is 6.10 Å². The third-order valence-corrected chi connectivity index (χ3v) is 2.32. The molecule has 1 aliphatic rings. The fraction of sp³-hybridized carbons (Fsp3) is 0.444. The molecule has 4 heteroatoms. The lowest BCUT2D eigenvalue weighted by Crippen LogP contribution is -2.51. The molecule has 0 amide bonds. The average molecular weight is 179 g/mol. The summed E-state index contributed by atoms with van der Waals surface area (Å²) in [7, 11) is 1.74. The van der Waals surface area contributed by atoms with E-state index in [-0.39, 0.29) is 0 Å². The van der Waals surface area contributed by atoms with Crippen molar-refractivity contribution in [3.8, 4) is 0 Å². The molecule has 0 aliphatic carbocycles. The van der Waals surface area contributed by atoms with Crippen molar-refractivity contribution in [3.63, 3.8) is 0 Å². The Balaban J connectivity index is 1.99. The van der Waals surface area contributed by atoms with E-state index in [9.17, 15) is 0 Å². The molecule has 1 fully saturated rings. The summed E-state index contributed by atoms with van der Waals surface area (Å²) in [5, 5.41) is 0. The van der Waals surface area contributed by atoms with Gasteiger partial charge in [0.2, 0.25) is 0 Å². The minimum absolute atomic E-state index is 0.373. The first kappa shape index (κ1) is 8.31. The van der Waals surface area contributed by atoms with E-state index in [1.54, 1.807) is 13.3 Å². The van der Waals surface area contributed by atoms with Gasteiger partial charge in [0.1, 0.15) is 5.82 Å². The normalized spacial score (nSPS) is 17.2. The predicted octanol–water partition coefficient (Wildman–Crippen LogP) is 0.499. The van der Waals surface area contributed by atoms with Gasteiger partial charge in [0.05, 0.1) is 18.0 Å². The highest BCUT2D eigenvalue weighted by molar-refractivity contribution is 5.50. The topological polar surface area (TPSA) is 51.4 Å². The van der Waals surface area contributed by atoms with Crippen molar-refractivity contribution in [2.75, 3.05) is 30.8 Å². The van der Waals surface area contributed by atoms with Crippen LogP contribution in [0.3, 0.4) is 0 Å². The molecule has 4 nitrogen and oxygen atoms in total. The average Bonchev–Trinajstić information content (AvgIpc) is 2.06. The predicted molar refractivity (Wildman–Crippen MR) is 51.7 cm³/mol. The lowest BCUT2D eigenvalue weighted by molar-refractivity contribution is 0.0787. The molecule has 2 N–H and O–H groups in total. The summed E-state index contributed by atoms with van der Waals surface area (Å²) < 4.78 is 5.17. The van der Waals surface area contributed by atoms with Gasteiger partial charge < -0.3 is 15.4 Å². The Morgan fingerprint density at radius 2 is 2.31 bits per heavy atom. The minimum atomic E-state index is 0.373. The molecule has 0 atom stereocenters.